The van der Waals surface area contributed by atoms with E-state index in [0.717, 1.165) is 25.1 Å². The molecule has 0 amide bonds. The fourth-order valence-electron chi connectivity index (χ4n) is 2.81. The summed E-state index contributed by atoms with van der Waals surface area (Å²) in [4.78, 5) is 6.56. The number of nitrogens with zero attached hydrogens (tertiary/aromatic N) is 5. The van der Waals surface area contributed by atoms with Crippen LogP contribution >= 0.6 is 0 Å². The molecule has 0 spiro atoms. The molecule has 0 aromatic carbocycles. The Morgan fingerprint density at radius 1 is 1.12 bits per heavy atom. The molecule has 1 aromatic rings. The summed E-state index contributed by atoms with van der Waals surface area (Å²) in [5.74, 6) is 1.37. The topological polar surface area (TPSA) is 82.8 Å². The molecular formula is C15H29N5O3S. The number of aryl methyl sites for hydroxylation is 1. The molecule has 0 N–H and O–H groups in total. The Kier molecular flexibility index (Phi) is 7.15. The highest BCUT2D eigenvalue weighted by molar-refractivity contribution is 7.86. The van der Waals surface area contributed by atoms with Gasteiger partial charge in [0.2, 0.25) is 5.89 Å². The molecule has 138 valence electrons. The van der Waals surface area contributed by atoms with Crippen molar-refractivity contribution in [1.82, 2.24) is 23.7 Å². The van der Waals surface area contributed by atoms with Gasteiger partial charge >= 0.3 is 0 Å². The summed E-state index contributed by atoms with van der Waals surface area (Å²) in [6.45, 7) is 9.78. The molecule has 2 heterocycles. The summed E-state index contributed by atoms with van der Waals surface area (Å²) in [5.41, 5.74) is 0. The minimum atomic E-state index is -3.34. The summed E-state index contributed by atoms with van der Waals surface area (Å²) in [6.07, 6.45) is 3.00. The van der Waals surface area contributed by atoms with Gasteiger partial charge in [-0.25, -0.2) is 0 Å². The first-order valence-corrected chi connectivity index (χ1v) is 10.2. The molecule has 8 nitrogen and oxygen atoms in total. The van der Waals surface area contributed by atoms with E-state index in [-0.39, 0.29) is 0 Å². The third kappa shape index (κ3) is 4.75. The predicted octanol–water partition coefficient (Wildman–Crippen LogP) is 1.12. The molecule has 1 fully saturated rings. The monoisotopic (exact) mass is 359 g/mol. The average molecular weight is 359 g/mol. The number of aromatic nitrogens is 2. The molecule has 9 heteroatoms. The number of hydrogen-bond acceptors (Lipinski definition) is 6. The van der Waals surface area contributed by atoms with Crippen molar-refractivity contribution in [3.05, 3.63) is 11.7 Å². The molecule has 0 aliphatic carbocycles. The van der Waals surface area contributed by atoms with Gasteiger partial charge in [0.15, 0.2) is 5.82 Å². The molecule has 0 atom stereocenters. The van der Waals surface area contributed by atoms with Gasteiger partial charge in [-0.05, 0) is 6.42 Å². The van der Waals surface area contributed by atoms with Crippen molar-refractivity contribution in [2.45, 2.75) is 46.6 Å². The molecule has 0 unspecified atom stereocenters. The van der Waals surface area contributed by atoms with Crippen LogP contribution in [0.25, 0.3) is 0 Å². The Bertz CT molecular complexity index is 592. The molecule has 1 aliphatic heterocycles. The van der Waals surface area contributed by atoms with Gasteiger partial charge in [0, 0.05) is 45.7 Å². The largest absolute Gasteiger partial charge is 0.338 e. The maximum absolute atomic E-state index is 12.5. The number of piperazine rings is 1. The van der Waals surface area contributed by atoms with Crippen molar-refractivity contribution in [2.75, 3.05) is 39.3 Å². The van der Waals surface area contributed by atoms with E-state index in [1.165, 1.54) is 4.31 Å². The third-order valence-electron chi connectivity index (χ3n) is 4.31. The van der Waals surface area contributed by atoms with Crippen LogP contribution in [0.15, 0.2) is 4.52 Å². The van der Waals surface area contributed by atoms with Gasteiger partial charge in [0.1, 0.15) is 0 Å². The van der Waals surface area contributed by atoms with E-state index in [2.05, 4.69) is 22.0 Å². The van der Waals surface area contributed by atoms with E-state index >= 15 is 0 Å². The molecule has 0 bridgehead atoms. The SMILES string of the molecule is CCCCc1noc(CN2CCN(S(=O)(=O)N(CC)CC)CC2)n1. The lowest BCUT2D eigenvalue weighted by molar-refractivity contribution is 0.158. The fraction of sp³-hybridized carbons (Fsp3) is 0.867. The lowest BCUT2D eigenvalue weighted by atomic mass is 10.2. The van der Waals surface area contributed by atoms with Crippen molar-refractivity contribution in [3.8, 4) is 0 Å². The first-order chi connectivity index (χ1) is 11.5. The minimum absolute atomic E-state index is 0.496. The zero-order valence-corrected chi connectivity index (χ0v) is 15.8. The fourth-order valence-corrected chi connectivity index (χ4v) is 4.42. The van der Waals surface area contributed by atoms with Crippen molar-refractivity contribution in [3.63, 3.8) is 0 Å². The minimum Gasteiger partial charge on any atom is -0.338 e. The van der Waals surface area contributed by atoms with Crippen LogP contribution in [0.3, 0.4) is 0 Å². The third-order valence-corrected chi connectivity index (χ3v) is 6.50. The van der Waals surface area contributed by atoms with E-state index in [0.29, 0.717) is 51.7 Å². The van der Waals surface area contributed by atoms with E-state index in [1.54, 1.807) is 4.31 Å². The molecular weight excluding hydrogens is 330 g/mol. The number of hydrogen-bond donors (Lipinski definition) is 0. The van der Waals surface area contributed by atoms with Crippen molar-refractivity contribution >= 4 is 10.2 Å². The molecule has 24 heavy (non-hydrogen) atoms. The van der Waals surface area contributed by atoms with Gasteiger partial charge in [0.25, 0.3) is 10.2 Å². The maximum Gasteiger partial charge on any atom is 0.282 e. The van der Waals surface area contributed by atoms with Crippen LogP contribution in [0.5, 0.6) is 0 Å². The van der Waals surface area contributed by atoms with E-state index in [9.17, 15) is 8.42 Å². The standard InChI is InChI=1S/C15H29N5O3S/c1-4-7-8-14-16-15(23-17-14)13-18-9-11-20(12-10-18)24(21,22)19(5-2)6-3/h4-13H2,1-3H3. The lowest BCUT2D eigenvalue weighted by Crippen LogP contribution is -2.52. The number of unbranched alkanes of at least 4 members (excludes halogenated alkanes) is 1. The molecule has 2 rings (SSSR count). The predicted molar refractivity (Wildman–Crippen MR) is 91.6 cm³/mol. The second-order valence-corrected chi connectivity index (χ2v) is 7.90. The molecule has 1 saturated heterocycles. The number of rotatable bonds is 9. The van der Waals surface area contributed by atoms with E-state index in [4.69, 9.17) is 4.52 Å². The van der Waals surface area contributed by atoms with Crippen LogP contribution in [0.4, 0.5) is 0 Å². The van der Waals surface area contributed by atoms with Crippen LogP contribution in [-0.4, -0.2) is 71.3 Å². The van der Waals surface area contributed by atoms with Crippen LogP contribution < -0.4 is 0 Å². The second-order valence-electron chi connectivity index (χ2n) is 5.98. The van der Waals surface area contributed by atoms with Gasteiger partial charge in [-0.3, -0.25) is 4.90 Å². The zero-order valence-electron chi connectivity index (χ0n) is 14.9. The van der Waals surface area contributed by atoms with Gasteiger partial charge in [-0.2, -0.15) is 22.0 Å². The summed E-state index contributed by atoms with van der Waals surface area (Å²) < 4.78 is 33.4. The van der Waals surface area contributed by atoms with Gasteiger partial charge in [0.05, 0.1) is 6.54 Å². The Morgan fingerprint density at radius 2 is 1.79 bits per heavy atom. The van der Waals surface area contributed by atoms with Crippen LogP contribution in [-0.2, 0) is 23.2 Å². The van der Waals surface area contributed by atoms with Crippen LogP contribution in [0, 0.1) is 0 Å². The normalized spacial score (nSPS) is 17.7. The molecule has 1 aliphatic rings. The van der Waals surface area contributed by atoms with Crippen LogP contribution in [0.2, 0.25) is 0 Å². The van der Waals surface area contributed by atoms with Crippen molar-refractivity contribution < 1.29 is 12.9 Å². The average Bonchev–Trinajstić information content (AvgIpc) is 3.01. The Labute approximate surface area is 145 Å². The lowest BCUT2D eigenvalue weighted by Gasteiger charge is -2.35. The Hall–Kier alpha value is -1.03. The smallest absolute Gasteiger partial charge is 0.282 e. The maximum atomic E-state index is 12.5. The quantitative estimate of drug-likeness (QED) is 0.657. The second kappa shape index (κ2) is 8.89. The van der Waals surface area contributed by atoms with Gasteiger partial charge < -0.3 is 4.52 Å². The Balaban J connectivity index is 1.85. The Morgan fingerprint density at radius 3 is 2.38 bits per heavy atom. The first-order valence-electron chi connectivity index (χ1n) is 8.80. The van der Waals surface area contributed by atoms with Crippen molar-refractivity contribution in [2.24, 2.45) is 0 Å². The highest BCUT2D eigenvalue weighted by atomic mass is 32.2. The molecule has 0 saturated carbocycles. The summed E-state index contributed by atoms with van der Waals surface area (Å²) in [7, 11) is -3.34. The summed E-state index contributed by atoms with van der Waals surface area (Å²) in [5, 5.41) is 3.99. The van der Waals surface area contributed by atoms with Crippen LogP contribution in [0.1, 0.15) is 45.3 Å². The van der Waals surface area contributed by atoms with E-state index < -0.39 is 10.2 Å². The van der Waals surface area contributed by atoms with Crippen molar-refractivity contribution in [1.29, 1.82) is 0 Å². The zero-order chi connectivity index (χ0) is 17.6. The molecule has 0 radical (unpaired) electrons. The highest BCUT2D eigenvalue weighted by Crippen LogP contribution is 2.14. The molecule has 1 aromatic heterocycles. The summed E-state index contributed by atoms with van der Waals surface area (Å²) >= 11 is 0. The summed E-state index contributed by atoms with van der Waals surface area (Å²) in [6, 6.07) is 0. The van der Waals surface area contributed by atoms with Gasteiger partial charge in [-0.1, -0.05) is 32.3 Å². The highest BCUT2D eigenvalue weighted by Gasteiger charge is 2.31. The first kappa shape index (κ1) is 19.3. The van der Waals surface area contributed by atoms with E-state index in [1.807, 2.05) is 13.8 Å². The van der Waals surface area contributed by atoms with Gasteiger partial charge in [-0.15, -0.1) is 0 Å².